The fourth-order valence-corrected chi connectivity index (χ4v) is 7.05. The lowest BCUT2D eigenvalue weighted by molar-refractivity contribution is -0.140. The predicted octanol–water partition coefficient (Wildman–Crippen LogP) is 6.57. The Morgan fingerprint density at radius 3 is 2.09 bits per heavy atom. The lowest BCUT2D eigenvalue weighted by atomic mass is 9.95. The van der Waals surface area contributed by atoms with Gasteiger partial charge in [0.05, 0.1) is 10.6 Å². The molecule has 3 aromatic rings. The smallest absolute Gasteiger partial charge is 0.264 e. The molecule has 2 amide bonds. The Balaban J connectivity index is 1.70. The molecule has 1 N–H and O–H groups in total. The number of nitrogens with one attached hydrogen (secondary N) is 1. The van der Waals surface area contributed by atoms with E-state index in [-0.39, 0.29) is 29.3 Å². The van der Waals surface area contributed by atoms with Gasteiger partial charge in [-0.1, -0.05) is 100 Å². The molecule has 0 aliphatic heterocycles. The number of carbonyl (C=O) groups excluding carboxylic acids is 2. The van der Waals surface area contributed by atoms with Gasteiger partial charge in [0, 0.05) is 12.6 Å². The molecule has 0 bridgehead atoms. The first kappa shape index (κ1) is 32.3. The highest BCUT2D eigenvalue weighted by molar-refractivity contribution is 7.92. The number of hydrogen-bond donors (Lipinski definition) is 1. The lowest BCUT2D eigenvalue weighted by Crippen LogP contribution is -2.54. The third kappa shape index (κ3) is 8.25. The van der Waals surface area contributed by atoms with Crippen molar-refractivity contribution in [3.05, 3.63) is 95.6 Å². The Hall–Kier alpha value is -3.65. The van der Waals surface area contributed by atoms with Crippen molar-refractivity contribution in [3.8, 4) is 0 Å². The molecule has 0 saturated heterocycles. The van der Waals surface area contributed by atoms with Crippen LogP contribution in [0.4, 0.5) is 5.69 Å². The van der Waals surface area contributed by atoms with Crippen LogP contribution >= 0.6 is 0 Å². The summed E-state index contributed by atoms with van der Waals surface area (Å²) in [6, 6.07) is 22.8. The van der Waals surface area contributed by atoms with E-state index in [0.717, 1.165) is 42.4 Å². The average Bonchev–Trinajstić information content (AvgIpc) is 3.01. The van der Waals surface area contributed by atoms with Crippen LogP contribution in [0.5, 0.6) is 0 Å². The summed E-state index contributed by atoms with van der Waals surface area (Å²) < 4.78 is 29.4. The van der Waals surface area contributed by atoms with Crippen LogP contribution in [0.2, 0.25) is 0 Å². The summed E-state index contributed by atoms with van der Waals surface area (Å²) in [5.41, 5.74) is 3.28. The Bertz CT molecular complexity index is 1450. The first-order valence-electron chi connectivity index (χ1n) is 15.4. The molecular weight excluding hydrogens is 558 g/mol. The van der Waals surface area contributed by atoms with E-state index in [9.17, 15) is 18.0 Å². The number of benzene rings is 3. The number of aryl methyl sites for hydroxylation is 1. The van der Waals surface area contributed by atoms with Gasteiger partial charge in [0.1, 0.15) is 12.6 Å². The van der Waals surface area contributed by atoms with Crippen molar-refractivity contribution in [1.82, 2.24) is 10.2 Å². The first-order valence-corrected chi connectivity index (χ1v) is 16.9. The molecule has 0 aromatic heterocycles. The number of carbonyl (C=O) groups is 2. The second-order valence-electron chi connectivity index (χ2n) is 11.8. The molecule has 8 heteroatoms. The van der Waals surface area contributed by atoms with Gasteiger partial charge in [0.25, 0.3) is 10.0 Å². The summed E-state index contributed by atoms with van der Waals surface area (Å²) in [6.45, 7) is 7.70. The molecular formula is C35H45N3O4S. The van der Waals surface area contributed by atoms with E-state index in [1.807, 2.05) is 56.3 Å². The number of hydrogen-bond acceptors (Lipinski definition) is 4. The highest BCUT2D eigenvalue weighted by Gasteiger charge is 2.34. The van der Waals surface area contributed by atoms with E-state index in [0.29, 0.717) is 12.1 Å². The van der Waals surface area contributed by atoms with Crippen molar-refractivity contribution in [2.45, 2.75) is 95.7 Å². The van der Waals surface area contributed by atoms with Crippen LogP contribution in [0.15, 0.2) is 83.8 Å². The second-order valence-corrected chi connectivity index (χ2v) is 13.7. The van der Waals surface area contributed by atoms with Crippen LogP contribution in [-0.4, -0.2) is 43.8 Å². The highest BCUT2D eigenvalue weighted by atomic mass is 32.2. The van der Waals surface area contributed by atoms with Crippen molar-refractivity contribution in [3.63, 3.8) is 0 Å². The maximum atomic E-state index is 14.3. The van der Waals surface area contributed by atoms with E-state index >= 15 is 0 Å². The van der Waals surface area contributed by atoms with Gasteiger partial charge in [-0.3, -0.25) is 13.9 Å². The fraction of sp³-hybridized carbons (Fsp3) is 0.429. The molecule has 43 heavy (non-hydrogen) atoms. The number of amides is 2. The van der Waals surface area contributed by atoms with Crippen LogP contribution in [0.25, 0.3) is 0 Å². The predicted molar refractivity (Wildman–Crippen MR) is 172 cm³/mol. The fourth-order valence-electron chi connectivity index (χ4n) is 5.64. The molecule has 0 heterocycles. The van der Waals surface area contributed by atoms with Gasteiger partial charge in [-0.25, -0.2) is 8.42 Å². The average molecular weight is 604 g/mol. The number of anilines is 1. The Morgan fingerprint density at radius 1 is 0.884 bits per heavy atom. The van der Waals surface area contributed by atoms with Gasteiger partial charge < -0.3 is 10.2 Å². The summed E-state index contributed by atoms with van der Waals surface area (Å²) in [4.78, 5) is 29.6. The van der Waals surface area contributed by atoms with E-state index in [1.165, 1.54) is 10.7 Å². The SMILES string of the molecule is CC[C@@H](C(=O)NC1CCCCC1)N(Cc1ccccc1)C(=O)CN(c1ccc(C(C)C)cc1)S(=O)(=O)c1ccc(C)cc1. The van der Waals surface area contributed by atoms with E-state index in [2.05, 4.69) is 19.2 Å². The lowest BCUT2D eigenvalue weighted by Gasteiger charge is -2.34. The molecule has 0 spiro atoms. The van der Waals surface area contributed by atoms with E-state index in [4.69, 9.17) is 0 Å². The molecule has 7 nitrogen and oxygen atoms in total. The van der Waals surface area contributed by atoms with Gasteiger partial charge in [0.15, 0.2) is 0 Å². The Morgan fingerprint density at radius 2 is 1.51 bits per heavy atom. The number of sulfonamides is 1. The van der Waals surface area contributed by atoms with Crippen molar-refractivity contribution < 1.29 is 18.0 Å². The molecule has 230 valence electrons. The summed E-state index contributed by atoms with van der Waals surface area (Å²) in [6.07, 6.45) is 5.61. The van der Waals surface area contributed by atoms with Gasteiger partial charge in [0.2, 0.25) is 11.8 Å². The molecule has 1 aliphatic rings. The minimum atomic E-state index is -4.10. The van der Waals surface area contributed by atoms with Gasteiger partial charge in [-0.05, 0) is 67.5 Å². The second kappa shape index (κ2) is 14.7. The molecule has 0 radical (unpaired) electrons. The molecule has 0 unspecified atom stereocenters. The minimum absolute atomic E-state index is 0.0989. The minimum Gasteiger partial charge on any atom is -0.352 e. The van der Waals surface area contributed by atoms with Gasteiger partial charge >= 0.3 is 0 Å². The largest absolute Gasteiger partial charge is 0.352 e. The third-order valence-electron chi connectivity index (χ3n) is 8.27. The van der Waals surface area contributed by atoms with Crippen molar-refractivity contribution in [2.75, 3.05) is 10.8 Å². The molecule has 1 atom stereocenters. The van der Waals surface area contributed by atoms with Gasteiger partial charge in [-0.15, -0.1) is 0 Å². The molecule has 1 aliphatic carbocycles. The summed E-state index contributed by atoms with van der Waals surface area (Å²) in [5.74, 6) is -0.349. The van der Waals surface area contributed by atoms with Crippen molar-refractivity contribution in [2.24, 2.45) is 0 Å². The van der Waals surface area contributed by atoms with Crippen LogP contribution in [0.1, 0.15) is 81.9 Å². The number of nitrogens with zero attached hydrogens (tertiary/aromatic N) is 2. The summed E-state index contributed by atoms with van der Waals surface area (Å²) >= 11 is 0. The normalized spacial score (nSPS) is 14.7. The summed E-state index contributed by atoms with van der Waals surface area (Å²) in [5, 5.41) is 3.19. The zero-order valence-corrected chi connectivity index (χ0v) is 26.6. The van der Waals surface area contributed by atoms with Crippen LogP contribution in [0.3, 0.4) is 0 Å². The first-order chi connectivity index (χ1) is 20.6. The maximum Gasteiger partial charge on any atom is 0.264 e. The highest BCUT2D eigenvalue weighted by Crippen LogP contribution is 2.27. The maximum absolute atomic E-state index is 14.3. The van der Waals surface area contributed by atoms with Crippen LogP contribution in [0, 0.1) is 6.92 Å². The van der Waals surface area contributed by atoms with Crippen LogP contribution < -0.4 is 9.62 Å². The number of rotatable bonds is 12. The van der Waals surface area contributed by atoms with Crippen LogP contribution in [-0.2, 0) is 26.2 Å². The zero-order chi connectivity index (χ0) is 31.0. The molecule has 1 fully saturated rings. The molecule has 3 aromatic carbocycles. The zero-order valence-electron chi connectivity index (χ0n) is 25.8. The molecule has 4 rings (SSSR count). The topological polar surface area (TPSA) is 86.8 Å². The Labute approximate surface area is 257 Å². The monoisotopic (exact) mass is 603 g/mol. The summed E-state index contributed by atoms with van der Waals surface area (Å²) in [7, 11) is -4.10. The van der Waals surface area contributed by atoms with Gasteiger partial charge in [-0.2, -0.15) is 0 Å². The standard InChI is InChI=1S/C35H45N3O4S/c1-5-33(35(40)36-30-14-10-7-11-15-30)37(24-28-12-8-6-9-13-28)34(39)25-38(31-20-18-29(19-21-31)26(2)3)43(41,42)32-22-16-27(4)17-23-32/h6,8-9,12-13,16-23,26,30,33H,5,7,10-11,14-15,24-25H2,1-4H3,(H,36,40)/t33-/m0/s1. The van der Waals surface area contributed by atoms with Crippen molar-refractivity contribution >= 4 is 27.5 Å². The van der Waals surface area contributed by atoms with E-state index in [1.54, 1.807) is 41.3 Å². The van der Waals surface area contributed by atoms with Crippen molar-refractivity contribution in [1.29, 1.82) is 0 Å². The third-order valence-corrected chi connectivity index (χ3v) is 10.1. The quantitative estimate of drug-likeness (QED) is 0.254. The van der Waals surface area contributed by atoms with E-state index < -0.39 is 28.5 Å². The Kier molecular flexibility index (Phi) is 11.0. The molecule has 1 saturated carbocycles.